The predicted octanol–water partition coefficient (Wildman–Crippen LogP) is 1.46. The first-order chi connectivity index (χ1) is 9.51. The van der Waals surface area contributed by atoms with Gasteiger partial charge in [0.1, 0.15) is 22.4 Å². The van der Waals surface area contributed by atoms with Crippen LogP contribution in [0.5, 0.6) is 0 Å². The minimum Gasteiger partial charge on any atom is -0.469 e. The Bertz CT molecular complexity index is 700. The average molecular weight is 291 g/mol. The van der Waals surface area contributed by atoms with Gasteiger partial charge in [-0.1, -0.05) is 0 Å². The first-order valence-electron chi connectivity index (χ1n) is 5.92. The van der Waals surface area contributed by atoms with Gasteiger partial charge >= 0.3 is 0 Å². The van der Waals surface area contributed by atoms with Crippen LogP contribution in [0.2, 0.25) is 0 Å². The molecule has 1 atom stereocenters. The molecule has 2 heterocycles. The van der Waals surface area contributed by atoms with Gasteiger partial charge in [0.05, 0.1) is 6.26 Å². The van der Waals surface area contributed by atoms with Gasteiger partial charge in [0.2, 0.25) is 10.0 Å². The lowest BCUT2D eigenvalue weighted by atomic mass is 10.2. The van der Waals surface area contributed by atoms with E-state index in [9.17, 15) is 8.42 Å². The standard InChI is InChI=1S/C13H13N3O3S/c1-10(7-12-3-2-6-19-12)16-20(17,18)13-5-4-11(8-14)15-9-13/h2-6,9-10,16H,7H2,1H3. The minimum atomic E-state index is -3.65. The topological polar surface area (TPSA) is 96.0 Å². The number of hydrogen-bond donors (Lipinski definition) is 1. The van der Waals surface area contributed by atoms with Crippen LogP contribution in [0, 0.1) is 11.3 Å². The van der Waals surface area contributed by atoms with Crippen LogP contribution in [0.1, 0.15) is 18.4 Å². The summed E-state index contributed by atoms with van der Waals surface area (Å²) in [5.41, 5.74) is 0.174. The lowest BCUT2D eigenvalue weighted by molar-refractivity contribution is 0.479. The molecule has 2 aromatic rings. The summed E-state index contributed by atoms with van der Waals surface area (Å²) in [6, 6.07) is 7.78. The van der Waals surface area contributed by atoms with Crippen molar-refractivity contribution in [2.45, 2.75) is 24.3 Å². The smallest absolute Gasteiger partial charge is 0.242 e. The third-order valence-corrected chi connectivity index (χ3v) is 4.18. The third-order valence-electron chi connectivity index (χ3n) is 2.61. The molecule has 0 fully saturated rings. The number of furan rings is 1. The highest BCUT2D eigenvalue weighted by Crippen LogP contribution is 2.10. The number of rotatable bonds is 5. The number of sulfonamides is 1. The van der Waals surface area contributed by atoms with Crippen LogP contribution in [-0.2, 0) is 16.4 Å². The van der Waals surface area contributed by atoms with Crippen LogP contribution in [-0.4, -0.2) is 19.4 Å². The van der Waals surface area contributed by atoms with Crippen LogP contribution in [0.4, 0.5) is 0 Å². The van der Waals surface area contributed by atoms with E-state index in [-0.39, 0.29) is 16.6 Å². The van der Waals surface area contributed by atoms with Gasteiger partial charge in [-0.25, -0.2) is 18.1 Å². The monoisotopic (exact) mass is 291 g/mol. The second kappa shape index (κ2) is 5.86. The van der Waals surface area contributed by atoms with Gasteiger partial charge in [-0.05, 0) is 31.2 Å². The Morgan fingerprint density at radius 1 is 1.45 bits per heavy atom. The maximum Gasteiger partial charge on any atom is 0.242 e. The first-order valence-corrected chi connectivity index (χ1v) is 7.40. The number of nitrogens with one attached hydrogen (secondary N) is 1. The molecule has 0 aromatic carbocycles. The van der Waals surface area contributed by atoms with Crippen LogP contribution >= 0.6 is 0 Å². The molecule has 1 N–H and O–H groups in total. The van der Waals surface area contributed by atoms with Gasteiger partial charge in [-0.3, -0.25) is 0 Å². The molecule has 1 unspecified atom stereocenters. The molecule has 7 heteroatoms. The summed E-state index contributed by atoms with van der Waals surface area (Å²) in [6.45, 7) is 1.75. The van der Waals surface area contributed by atoms with E-state index in [1.807, 2.05) is 6.07 Å². The third kappa shape index (κ3) is 3.44. The Morgan fingerprint density at radius 2 is 2.25 bits per heavy atom. The number of nitriles is 1. The van der Waals surface area contributed by atoms with Gasteiger partial charge in [-0.15, -0.1) is 0 Å². The Kier molecular flexibility index (Phi) is 4.17. The first kappa shape index (κ1) is 14.2. The molecule has 0 saturated heterocycles. The van der Waals surface area contributed by atoms with E-state index in [2.05, 4.69) is 9.71 Å². The molecular formula is C13H13N3O3S. The van der Waals surface area contributed by atoms with Crippen LogP contribution in [0.15, 0.2) is 46.0 Å². The molecule has 0 amide bonds. The van der Waals surface area contributed by atoms with Crippen molar-refractivity contribution in [3.63, 3.8) is 0 Å². The predicted molar refractivity (Wildman–Crippen MR) is 71.1 cm³/mol. The molecule has 2 rings (SSSR count). The quantitative estimate of drug-likeness (QED) is 0.899. The van der Waals surface area contributed by atoms with E-state index >= 15 is 0 Å². The summed E-state index contributed by atoms with van der Waals surface area (Å²) < 4.78 is 31.9. The minimum absolute atomic E-state index is 0.0304. The molecule has 2 aromatic heterocycles. The molecule has 0 saturated carbocycles. The molecule has 0 aliphatic rings. The van der Waals surface area contributed by atoms with Gasteiger partial charge in [0, 0.05) is 18.7 Å². The van der Waals surface area contributed by atoms with Crippen LogP contribution in [0.3, 0.4) is 0 Å². The lowest BCUT2D eigenvalue weighted by Crippen LogP contribution is -2.34. The Labute approximate surface area is 117 Å². The Morgan fingerprint density at radius 3 is 2.80 bits per heavy atom. The number of nitrogens with zero attached hydrogens (tertiary/aromatic N) is 2. The molecule has 0 aliphatic carbocycles. The zero-order valence-corrected chi connectivity index (χ0v) is 11.6. The second-order valence-corrected chi connectivity index (χ2v) is 6.01. The Balaban J connectivity index is 2.08. The van der Waals surface area contributed by atoms with Crippen molar-refractivity contribution in [2.75, 3.05) is 0 Å². The molecule has 0 aliphatic heterocycles. The zero-order valence-electron chi connectivity index (χ0n) is 10.8. The molecule has 0 radical (unpaired) electrons. The van der Waals surface area contributed by atoms with Crippen molar-refractivity contribution in [1.82, 2.24) is 9.71 Å². The number of hydrogen-bond acceptors (Lipinski definition) is 5. The normalized spacial score (nSPS) is 12.8. The van der Waals surface area contributed by atoms with E-state index < -0.39 is 10.0 Å². The fourth-order valence-electron chi connectivity index (χ4n) is 1.71. The summed E-state index contributed by atoms with van der Waals surface area (Å²) in [6.07, 6.45) is 3.16. The highest BCUT2D eigenvalue weighted by molar-refractivity contribution is 7.89. The van der Waals surface area contributed by atoms with Crippen molar-refractivity contribution in [1.29, 1.82) is 5.26 Å². The molecule has 104 valence electrons. The SMILES string of the molecule is CC(Cc1ccco1)NS(=O)(=O)c1ccc(C#N)nc1. The van der Waals surface area contributed by atoms with E-state index in [1.165, 1.54) is 18.3 Å². The highest BCUT2D eigenvalue weighted by atomic mass is 32.2. The lowest BCUT2D eigenvalue weighted by Gasteiger charge is -2.12. The van der Waals surface area contributed by atoms with Gasteiger partial charge in [0.15, 0.2) is 0 Å². The molecule has 0 spiro atoms. The van der Waals surface area contributed by atoms with E-state index in [0.29, 0.717) is 12.2 Å². The molecular weight excluding hydrogens is 278 g/mol. The maximum atomic E-state index is 12.1. The maximum absolute atomic E-state index is 12.1. The van der Waals surface area contributed by atoms with Crippen LogP contribution < -0.4 is 4.72 Å². The van der Waals surface area contributed by atoms with Gasteiger partial charge in [0.25, 0.3) is 0 Å². The molecule has 0 bridgehead atoms. The fraction of sp³-hybridized carbons (Fsp3) is 0.231. The van der Waals surface area contributed by atoms with Crippen LogP contribution in [0.25, 0.3) is 0 Å². The molecule has 6 nitrogen and oxygen atoms in total. The summed E-state index contributed by atoms with van der Waals surface area (Å²) >= 11 is 0. The van der Waals surface area contributed by atoms with Gasteiger partial charge in [-0.2, -0.15) is 5.26 Å². The van der Waals surface area contributed by atoms with Crippen molar-refractivity contribution >= 4 is 10.0 Å². The van der Waals surface area contributed by atoms with Crippen molar-refractivity contribution in [3.05, 3.63) is 48.2 Å². The number of pyridine rings is 1. The zero-order chi connectivity index (χ0) is 14.6. The van der Waals surface area contributed by atoms with Gasteiger partial charge < -0.3 is 4.42 Å². The highest BCUT2D eigenvalue weighted by Gasteiger charge is 2.18. The fourth-order valence-corrected chi connectivity index (χ4v) is 2.90. The van der Waals surface area contributed by atoms with Crippen molar-refractivity contribution in [2.24, 2.45) is 0 Å². The molecule has 20 heavy (non-hydrogen) atoms. The van der Waals surface area contributed by atoms with Crippen molar-refractivity contribution < 1.29 is 12.8 Å². The second-order valence-electron chi connectivity index (χ2n) is 4.30. The average Bonchev–Trinajstić information content (AvgIpc) is 2.91. The Hall–Kier alpha value is -2.17. The largest absolute Gasteiger partial charge is 0.469 e. The summed E-state index contributed by atoms with van der Waals surface area (Å²) in [7, 11) is -3.65. The summed E-state index contributed by atoms with van der Waals surface area (Å²) in [4.78, 5) is 3.78. The van der Waals surface area contributed by atoms with E-state index in [1.54, 1.807) is 25.3 Å². The van der Waals surface area contributed by atoms with E-state index in [4.69, 9.17) is 9.68 Å². The van der Waals surface area contributed by atoms with Crippen molar-refractivity contribution in [3.8, 4) is 6.07 Å². The number of aromatic nitrogens is 1. The van der Waals surface area contributed by atoms with E-state index in [0.717, 1.165) is 0 Å². The summed E-state index contributed by atoms with van der Waals surface area (Å²) in [5, 5.41) is 8.63. The summed E-state index contributed by atoms with van der Waals surface area (Å²) in [5.74, 6) is 0.707.